The third kappa shape index (κ3) is 3.53. The number of rotatable bonds is 7. The molecule has 0 fully saturated rings. The van der Waals surface area contributed by atoms with Gasteiger partial charge in [0.15, 0.2) is 0 Å². The molecule has 1 atom stereocenters. The molecule has 1 N–H and O–H groups in total. The van der Waals surface area contributed by atoms with Gasteiger partial charge in [-0.3, -0.25) is 4.99 Å². The van der Waals surface area contributed by atoms with Crippen molar-refractivity contribution in [1.29, 1.82) is 0 Å². The molecule has 5 nitrogen and oxygen atoms in total. The van der Waals surface area contributed by atoms with Gasteiger partial charge in [0.25, 0.3) is 0 Å². The van der Waals surface area contributed by atoms with Crippen LogP contribution in [0.2, 0.25) is 0 Å². The lowest BCUT2D eigenvalue weighted by atomic mass is 9.88. The van der Waals surface area contributed by atoms with E-state index in [1.54, 1.807) is 0 Å². The lowest BCUT2D eigenvalue weighted by molar-refractivity contribution is -0.239. The summed E-state index contributed by atoms with van der Waals surface area (Å²) < 4.78 is 0. The first-order valence-electron chi connectivity index (χ1n) is 5.19. The van der Waals surface area contributed by atoms with E-state index in [9.17, 15) is 5.21 Å². The molecule has 0 aliphatic heterocycles. The minimum Gasteiger partial charge on any atom is -0.759 e. The fourth-order valence-corrected chi connectivity index (χ4v) is 1.59. The Morgan fingerprint density at radius 1 is 1.47 bits per heavy atom. The molecule has 0 aromatic heterocycles. The molecule has 0 spiro atoms. The molecule has 0 bridgehead atoms. The van der Waals surface area contributed by atoms with Crippen molar-refractivity contribution in [2.45, 2.75) is 39.8 Å². The number of hydrogen-bond donors (Lipinski definition) is 1. The summed E-state index contributed by atoms with van der Waals surface area (Å²) in [6.07, 6.45) is 0.610. The second kappa shape index (κ2) is 6.17. The monoisotopic (exact) mass is 216 g/mol. The second-order valence-electron chi connectivity index (χ2n) is 4.34. The second-order valence-corrected chi connectivity index (χ2v) is 4.34. The lowest BCUT2D eigenvalue weighted by Gasteiger charge is -2.46. The fourth-order valence-electron chi connectivity index (χ4n) is 1.59. The number of nitrogens with one attached hydrogen (secondary N) is 1. The maximum absolute atomic E-state index is 11.8. The smallest absolute Gasteiger partial charge is 0.126 e. The van der Waals surface area contributed by atoms with E-state index >= 15 is 0 Å². The van der Waals surface area contributed by atoms with E-state index in [0.717, 1.165) is 0 Å². The van der Waals surface area contributed by atoms with Gasteiger partial charge in [0, 0.05) is 7.05 Å². The molecule has 0 amide bonds. The lowest BCUT2D eigenvalue weighted by Crippen LogP contribution is -2.50. The van der Waals surface area contributed by atoms with Crippen LogP contribution in [0.5, 0.6) is 0 Å². The molecule has 0 saturated heterocycles. The standard InChI is InChI=1S/C10H22N3O2/c1-8(2)7-10(11-5,9(3)4)13(14)15-12-6/h8-9,12H,5,7H2,1-4,6H3/q-1. The molecule has 0 aromatic carbocycles. The maximum atomic E-state index is 11.8. The molecule has 90 valence electrons. The van der Waals surface area contributed by atoms with Gasteiger partial charge in [-0.1, -0.05) is 27.7 Å². The maximum Gasteiger partial charge on any atom is 0.126 e. The highest BCUT2D eigenvalue weighted by Crippen LogP contribution is 2.32. The van der Waals surface area contributed by atoms with Crippen LogP contribution < -0.4 is 5.48 Å². The van der Waals surface area contributed by atoms with Gasteiger partial charge in [0.1, 0.15) is 5.66 Å². The third-order valence-corrected chi connectivity index (χ3v) is 2.40. The Morgan fingerprint density at radius 2 is 2.00 bits per heavy atom. The average molecular weight is 216 g/mol. The van der Waals surface area contributed by atoms with Gasteiger partial charge < -0.3 is 5.21 Å². The van der Waals surface area contributed by atoms with E-state index in [4.69, 9.17) is 4.94 Å². The highest BCUT2D eigenvalue weighted by Gasteiger charge is 2.35. The van der Waals surface area contributed by atoms with Crippen molar-refractivity contribution in [3.8, 4) is 0 Å². The summed E-state index contributed by atoms with van der Waals surface area (Å²) in [7, 11) is 1.54. The Bertz CT molecular complexity index is 197. The van der Waals surface area contributed by atoms with Crippen LogP contribution in [0.4, 0.5) is 0 Å². The van der Waals surface area contributed by atoms with Gasteiger partial charge in [-0.25, -0.2) is 10.2 Å². The first-order chi connectivity index (χ1) is 6.90. The predicted octanol–water partition coefficient (Wildman–Crippen LogP) is 1.95. The number of nitrogens with zero attached hydrogens (tertiary/aromatic N) is 2. The molecule has 15 heavy (non-hydrogen) atoms. The first kappa shape index (κ1) is 14.5. The van der Waals surface area contributed by atoms with Gasteiger partial charge in [0.2, 0.25) is 0 Å². The Balaban J connectivity index is 4.87. The van der Waals surface area contributed by atoms with Crippen LogP contribution >= 0.6 is 0 Å². The molecular weight excluding hydrogens is 194 g/mol. The molecular formula is C10H22N3O2-. The zero-order valence-corrected chi connectivity index (χ0v) is 10.3. The number of hydroxylamine groups is 3. The molecule has 0 radical (unpaired) electrons. The number of aliphatic imine (C=N–C) groups is 1. The van der Waals surface area contributed by atoms with Crippen LogP contribution in [-0.4, -0.2) is 24.7 Å². The first-order valence-corrected chi connectivity index (χ1v) is 5.19. The largest absolute Gasteiger partial charge is 0.759 e. The van der Waals surface area contributed by atoms with E-state index in [1.165, 1.54) is 7.05 Å². The normalized spacial score (nSPS) is 16.1. The fraction of sp³-hybridized carbons (Fsp3) is 0.900. The zero-order valence-electron chi connectivity index (χ0n) is 10.3. The van der Waals surface area contributed by atoms with Crippen molar-refractivity contribution in [1.82, 2.24) is 10.7 Å². The van der Waals surface area contributed by atoms with Crippen LogP contribution in [0.15, 0.2) is 4.99 Å². The van der Waals surface area contributed by atoms with Crippen molar-refractivity contribution in [2.75, 3.05) is 7.05 Å². The SMILES string of the molecule is C=NC(CC(C)C)(C(C)C)N([O-])ONC. The average Bonchev–Trinajstić information content (AvgIpc) is 2.13. The molecule has 0 saturated carbocycles. The van der Waals surface area contributed by atoms with Gasteiger partial charge in [0.05, 0.1) is 0 Å². The Morgan fingerprint density at radius 3 is 2.27 bits per heavy atom. The highest BCUT2D eigenvalue weighted by molar-refractivity contribution is 5.26. The summed E-state index contributed by atoms with van der Waals surface area (Å²) in [6, 6.07) is 0. The topological polar surface area (TPSA) is 59.9 Å². The van der Waals surface area contributed by atoms with Gasteiger partial charge in [-0.2, -0.15) is 5.48 Å². The third-order valence-electron chi connectivity index (χ3n) is 2.40. The molecule has 0 aliphatic rings. The van der Waals surface area contributed by atoms with Gasteiger partial charge in [-0.15, -0.1) is 0 Å². The summed E-state index contributed by atoms with van der Waals surface area (Å²) in [5.41, 5.74) is 1.44. The van der Waals surface area contributed by atoms with Crippen molar-refractivity contribution in [2.24, 2.45) is 16.8 Å². The molecule has 0 aliphatic carbocycles. The van der Waals surface area contributed by atoms with Crippen molar-refractivity contribution >= 4 is 6.72 Å². The van der Waals surface area contributed by atoms with Gasteiger partial charge >= 0.3 is 0 Å². The Hall–Kier alpha value is -0.490. The van der Waals surface area contributed by atoms with Crippen LogP contribution in [-0.2, 0) is 4.94 Å². The van der Waals surface area contributed by atoms with E-state index in [0.29, 0.717) is 17.6 Å². The van der Waals surface area contributed by atoms with Crippen molar-refractivity contribution < 1.29 is 4.94 Å². The Labute approximate surface area is 92.0 Å². The summed E-state index contributed by atoms with van der Waals surface area (Å²) >= 11 is 0. The van der Waals surface area contributed by atoms with E-state index in [-0.39, 0.29) is 5.92 Å². The minimum atomic E-state index is -0.919. The zero-order chi connectivity index (χ0) is 12.1. The molecule has 0 rings (SSSR count). The van der Waals surface area contributed by atoms with Crippen LogP contribution in [0, 0.1) is 17.0 Å². The quantitative estimate of drug-likeness (QED) is 0.522. The van der Waals surface area contributed by atoms with Crippen LogP contribution in [0.3, 0.4) is 0 Å². The van der Waals surface area contributed by atoms with Crippen molar-refractivity contribution in [3.63, 3.8) is 0 Å². The molecule has 1 unspecified atom stereocenters. The summed E-state index contributed by atoms with van der Waals surface area (Å²) in [6.45, 7) is 11.4. The molecule has 5 heteroatoms. The van der Waals surface area contributed by atoms with Crippen LogP contribution in [0.1, 0.15) is 34.1 Å². The van der Waals surface area contributed by atoms with Crippen LogP contribution in [0.25, 0.3) is 0 Å². The Kier molecular flexibility index (Phi) is 5.97. The number of hydrogen-bond acceptors (Lipinski definition) is 5. The summed E-state index contributed by atoms with van der Waals surface area (Å²) in [5, 5.41) is 12.3. The van der Waals surface area contributed by atoms with E-state index in [2.05, 4.69) is 17.2 Å². The van der Waals surface area contributed by atoms with E-state index < -0.39 is 5.66 Å². The highest BCUT2D eigenvalue weighted by atomic mass is 17.0. The predicted molar refractivity (Wildman–Crippen MR) is 61.9 cm³/mol. The minimum absolute atomic E-state index is 0.0308. The van der Waals surface area contributed by atoms with E-state index in [1.807, 2.05) is 27.7 Å². The molecule has 0 aromatic rings. The summed E-state index contributed by atoms with van der Waals surface area (Å²) in [4.78, 5) is 8.73. The molecule has 0 heterocycles. The summed E-state index contributed by atoms with van der Waals surface area (Å²) in [5.74, 6) is 0.373. The van der Waals surface area contributed by atoms with Crippen molar-refractivity contribution in [3.05, 3.63) is 5.21 Å². The van der Waals surface area contributed by atoms with Gasteiger partial charge in [-0.05, 0) is 25.0 Å².